The molecule has 0 aliphatic heterocycles. The van der Waals surface area contributed by atoms with Crippen LogP contribution in [0.5, 0.6) is 5.75 Å². The zero-order valence-electron chi connectivity index (χ0n) is 27.8. The molecule has 1 aromatic carbocycles. The number of non-ortho nitro benzene ring substituents is 1. The van der Waals surface area contributed by atoms with Gasteiger partial charge in [-0.15, -0.1) is 11.6 Å². The van der Waals surface area contributed by atoms with Crippen LogP contribution in [-0.2, 0) is 47.4 Å². The number of rotatable bonds is 38. The van der Waals surface area contributed by atoms with E-state index in [0.29, 0.717) is 138 Å². The largest absolute Gasteiger partial charge is 0.491 e. The quantitative estimate of drug-likeness (QED) is 0.0426. The van der Waals surface area contributed by atoms with Crippen LogP contribution in [0, 0.1) is 10.1 Å². The normalized spacial score (nSPS) is 11.3. The summed E-state index contributed by atoms with van der Waals surface area (Å²) in [6.45, 7) is 10.6. The van der Waals surface area contributed by atoms with Gasteiger partial charge in [-0.2, -0.15) is 0 Å². The Bertz CT molecular complexity index is 795. The number of ether oxygens (including phenoxy) is 11. The van der Waals surface area contributed by atoms with Gasteiger partial charge in [-0.1, -0.05) is 12.8 Å². The van der Waals surface area contributed by atoms with E-state index in [2.05, 4.69) is 0 Å². The van der Waals surface area contributed by atoms with Crippen molar-refractivity contribution in [2.24, 2.45) is 0 Å². The highest BCUT2D eigenvalue weighted by Gasteiger charge is 2.04. The maximum absolute atomic E-state index is 10.6. The molecule has 0 radical (unpaired) electrons. The van der Waals surface area contributed by atoms with E-state index in [1.54, 1.807) is 12.1 Å². The van der Waals surface area contributed by atoms with E-state index in [1.807, 2.05) is 0 Å². The Morgan fingerprint density at radius 2 is 0.723 bits per heavy atom. The lowest BCUT2D eigenvalue weighted by Crippen LogP contribution is -2.15. The summed E-state index contributed by atoms with van der Waals surface area (Å²) in [6, 6.07) is 5.91. The van der Waals surface area contributed by atoms with Crippen molar-refractivity contribution in [3.8, 4) is 5.75 Å². The van der Waals surface area contributed by atoms with Crippen molar-refractivity contribution in [1.82, 2.24) is 0 Å². The van der Waals surface area contributed by atoms with Crippen molar-refractivity contribution < 1.29 is 57.0 Å². The van der Waals surface area contributed by atoms with Gasteiger partial charge in [0.2, 0.25) is 0 Å². The minimum atomic E-state index is -0.451. The molecule has 0 heterocycles. The zero-order chi connectivity index (χ0) is 33.7. The monoisotopic (exact) mass is 697 g/mol. The second-order valence-electron chi connectivity index (χ2n) is 9.83. The molecule has 47 heavy (non-hydrogen) atoms. The van der Waals surface area contributed by atoms with Gasteiger partial charge in [0.25, 0.3) is 5.69 Å². The fraction of sp³-hybridized carbons (Fsp3) is 0.812. The standard InChI is InChI=1S/C32H56ClNO13/c33-9-3-1-2-4-10-37-11-12-38-13-14-39-15-16-40-17-18-41-19-20-42-21-22-43-23-24-44-25-26-45-27-28-46-29-30-47-32-7-5-31(6-8-32)34(35)36/h5-8H,1-4,9-30H2. The number of nitro groups is 1. The molecule has 0 fully saturated rings. The summed E-state index contributed by atoms with van der Waals surface area (Å²) in [5.74, 6) is 1.30. The maximum Gasteiger partial charge on any atom is 0.269 e. The Balaban J connectivity index is 1.64. The van der Waals surface area contributed by atoms with Gasteiger partial charge in [0, 0.05) is 24.6 Å². The second kappa shape index (κ2) is 35.6. The first-order valence-corrected chi connectivity index (χ1v) is 17.0. The molecular formula is C32H56ClNO13. The summed E-state index contributed by atoms with van der Waals surface area (Å²) < 4.78 is 60.2. The van der Waals surface area contributed by atoms with Crippen molar-refractivity contribution >= 4 is 17.3 Å². The highest BCUT2D eigenvalue weighted by molar-refractivity contribution is 6.17. The molecule has 274 valence electrons. The summed E-state index contributed by atoms with van der Waals surface area (Å²) in [4.78, 5) is 10.2. The van der Waals surface area contributed by atoms with Crippen molar-refractivity contribution in [1.29, 1.82) is 0 Å². The minimum Gasteiger partial charge on any atom is -0.491 e. The van der Waals surface area contributed by atoms with Crippen molar-refractivity contribution in [2.45, 2.75) is 25.7 Å². The fourth-order valence-corrected chi connectivity index (χ4v) is 3.80. The summed E-state index contributed by atoms with van der Waals surface area (Å²) in [5, 5.41) is 10.6. The third-order valence-electron chi connectivity index (χ3n) is 6.06. The number of halogens is 1. The fourth-order valence-electron chi connectivity index (χ4n) is 3.62. The maximum atomic E-state index is 10.6. The second-order valence-corrected chi connectivity index (χ2v) is 10.2. The SMILES string of the molecule is O=[N+]([O-])c1ccc(OCCOCCOCCOCCOCCOCCOCCOCCOCCOCCOCCCCCCCl)cc1. The third kappa shape index (κ3) is 31.3. The third-order valence-corrected chi connectivity index (χ3v) is 6.33. The van der Waals surface area contributed by atoms with Gasteiger partial charge >= 0.3 is 0 Å². The molecule has 0 atom stereocenters. The van der Waals surface area contributed by atoms with Crippen LogP contribution < -0.4 is 4.74 Å². The molecule has 14 nitrogen and oxygen atoms in total. The van der Waals surface area contributed by atoms with Gasteiger partial charge in [0.1, 0.15) is 12.4 Å². The highest BCUT2D eigenvalue weighted by atomic mass is 35.5. The van der Waals surface area contributed by atoms with Gasteiger partial charge in [-0.05, 0) is 25.0 Å². The molecule has 0 N–H and O–H groups in total. The highest BCUT2D eigenvalue weighted by Crippen LogP contribution is 2.17. The Hall–Kier alpha value is -1.69. The van der Waals surface area contributed by atoms with Crippen LogP contribution in [0.1, 0.15) is 25.7 Å². The van der Waals surface area contributed by atoms with Gasteiger partial charge < -0.3 is 52.1 Å². The van der Waals surface area contributed by atoms with Crippen LogP contribution in [0.2, 0.25) is 0 Å². The van der Waals surface area contributed by atoms with E-state index in [0.717, 1.165) is 31.7 Å². The molecule has 1 rings (SSSR count). The lowest BCUT2D eigenvalue weighted by molar-refractivity contribution is -0.384. The van der Waals surface area contributed by atoms with E-state index in [1.165, 1.54) is 18.6 Å². The molecule has 0 aliphatic carbocycles. The predicted molar refractivity (Wildman–Crippen MR) is 176 cm³/mol. The van der Waals surface area contributed by atoms with E-state index in [4.69, 9.17) is 63.7 Å². The van der Waals surface area contributed by atoms with Crippen LogP contribution >= 0.6 is 11.6 Å². The van der Waals surface area contributed by atoms with Crippen LogP contribution in [0.25, 0.3) is 0 Å². The number of hydrogen-bond donors (Lipinski definition) is 0. The van der Waals surface area contributed by atoms with E-state index >= 15 is 0 Å². The van der Waals surface area contributed by atoms with Crippen molar-refractivity contribution in [2.75, 3.05) is 145 Å². The summed E-state index contributed by atoms with van der Waals surface area (Å²) in [5.41, 5.74) is 0.0263. The van der Waals surface area contributed by atoms with Crippen molar-refractivity contribution in [3.05, 3.63) is 34.4 Å². The average Bonchev–Trinajstić information content (AvgIpc) is 3.08. The molecule has 1 aromatic rings. The minimum absolute atomic E-state index is 0.0263. The van der Waals surface area contributed by atoms with Gasteiger partial charge in [-0.3, -0.25) is 10.1 Å². The van der Waals surface area contributed by atoms with Crippen LogP contribution in [0.3, 0.4) is 0 Å². The molecule has 0 aromatic heterocycles. The van der Waals surface area contributed by atoms with E-state index < -0.39 is 4.92 Å². The van der Waals surface area contributed by atoms with Crippen LogP contribution in [0.4, 0.5) is 5.69 Å². The van der Waals surface area contributed by atoms with E-state index in [-0.39, 0.29) is 5.69 Å². The van der Waals surface area contributed by atoms with Gasteiger partial charge in [0.15, 0.2) is 0 Å². The number of unbranched alkanes of at least 4 members (excludes halogenated alkanes) is 3. The Morgan fingerprint density at radius 1 is 0.426 bits per heavy atom. The summed E-state index contributed by atoms with van der Waals surface area (Å²) in [6.07, 6.45) is 4.48. The average molecular weight is 698 g/mol. The van der Waals surface area contributed by atoms with E-state index in [9.17, 15) is 10.1 Å². The molecule has 0 saturated heterocycles. The molecule has 0 saturated carbocycles. The Kier molecular flexibility index (Phi) is 32.8. The topological polar surface area (TPSA) is 145 Å². The summed E-state index contributed by atoms with van der Waals surface area (Å²) >= 11 is 5.65. The molecule has 0 bridgehead atoms. The number of hydrogen-bond acceptors (Lipinski definition) is 13. The molecule has 0 amide bonds. The van der Waals surface area contributed by atoms with Gasteiger partial charge in [0.05, 0.1) is 130 Å². The van der Waals surface area contributed by atoms with Crippen LogP contribution in [-0.4, -0.2) is 150 Å². The molecule has 0 aliphatic rings. The predicted octanol–water partition coefficient (Wildman–Crippen LogP) is 3.94. The lowest BCUT2D eigenvalue weighted by Gasteiger charge is -2.09. The van der Waals surface area contributed by atoms with Crippen molar-refractivity contribution in [3.63, 3.8) is 0 Å². The first-order chi connectivity index (χ1) is 23.2. The number of benzene rings is 1. The van der Waals surface area contributed by atoms with Crippen LogP contribution in [0.15, 0.2) is 24.3 Å². The first-order valence-electron chi connectivity index (χ1n) is 16.4. The lowest BCUT2D eigenvalue weighted by atomic mass is 10.2. The zero-order valence-corrected chi connectivity index (χ0v) is 28.6. The number of alkyl halides is 1. The molecule has 15 heteroatoms. The molecular weight excluding hydrogens is 642 g/mol. The Morgan fingerprint density at radius 3 is 1.04 bits per heavy atom. The first kappa shape index (κ1) is 43.3. The van der Waals surface area contributed by atoms with Gasteiger partial charge in [-0.25, -0.2) is 0 Å². The smallest absolute Gasteiger partial charge is 0.269 e. The summed E-state index contributed by atoms with van der Waals surface area (Å²) in [7, 11) is 0. The Labute approximate surface area is 284 Å². The number of nitrogens with zero attached hydrogens (tertiary/aromatic N) is 1. The molecule has 0 unspecified atom stereocenters. The molecule has 0 spiro atoms. The number of nitro benzene ring substituents is 1.